The Kier molecular flexibility index (Phi) is 5.31. The molecule has 2 rings (SSSR count). The van der Waals surface area contributed by atoms with E-state index >= 15 is 0 Å². The van der Waals surface area contributed by atoms with Crippen LogP contribution in [-0.4, -0.2) is 28.9 Å². The van der Waals surface area contributed by atoms with E-state index in [0.29, 0.717) is 12.1 Å². The molecule has 21 heavy (non-hydrogen) atoms. The summed E-state index contributed by atoms with van der Waals surface area (Å²) in [5.74, 6) is 2.19. The number of hydrogen-bond acceptors (Lipinski definition) is 3. The maximum atomic E-state index is 4.65. The second-order valence-corrected chi connectivity index (χ2v) is 7.07. The molecule has 0 radical (unpaired) electrons. The highest BCUT2D eigenvalue weighted by Crippen LogP contribution is 2.31. The summed E-state index contributed by atoms with van der Waals surface area (Å²) >= 11 is 0. The van der Waals surface area contributed by atoms with Gasteiger partial charge in [0.25, 0.3) is 0 Å². The highest BCUT2D eigenvalue weighted by molar-refractivity contribution is 5.50. The van der Waals surface area contributed by atoms with E-state index in [-0.39, 0.29) is 0 Å². The van der Waals surface area contributed by atoms with Crippen molar-refractivity contribution >= 4 is 5.82 Å². The molecular formula is C17H32N4. The summed E-state index contributed by atoms with van der Waals surface area (Å²) in [4.78, 5) is 2.48. The third kappa shape index (κ3) is 3.79. The molecule has 1 saturated carbocycles. The first-order chi connectivity index (χ1) is 9.90. The number of rotatable bonds is 5. The number of aryl methyl sites for hydroxylation is 2. The quantitative estimate of drug-likeness (QED) is 0.904. The Hall–Kier alpha value is -1.03. The molecule has 4 heteroatoms. The van der Waals surface area contributed by atoms with Gasteiger partial charge >= 0.3 is 0 Å². The molecule has 0 atom stereocenters. The van der Waals surface area contributed by atoms with Crippen molar-refractivity contribution in [2.24, 2.45) is 13.0 Å². The largest absolute Gasteiger partial charge is 0.357 e. The monoisotopic (exact) mass is 292 g/mol. The molecule has 4 nitrogen and oxygen atoms in total. The second kappa shape index (κ2) is 6.82. The number of aromatic nitrogens is 2. The van der Waals surface area contributed by atoms with Gasteiger partial charge in [-0.25, -0.2) is 0 Å². The maximum Gasteiger partial charge on any atom is 0.131 e. The maximum absolute atomic E-state index is 4.65. The van der Waals surface area contributed by atoms with Gasteiger partial charge in [0.2, 0.25) is 0 Å². The molecule has 1 aliphatic rings. The molecule has 1 aromatic rings. The first-order valence-electron chi connectivity index (χ1n) is 8.38. The van der Waals surface area contributed by atoms with Crippen LogP contribution in [0.15, 0.2) is 0 Å². The van der Waals surface area contributed by atoms with E-state index in [9.17, 15) is 0 Å². The van der Waals surface area contributed by atoms with Crippen molar-refractivity contribution < 1.29 is 0 Å². The van der Waals surface area contributed by atoms with Crippen LogP contribution in [0.2, 0.25) is 0 Å². The fourth-order valence-electron chi connectivity index (χ4n) is 3.45. The molecule has 0 bridgehead atoms. The Morgan fingerprint density at radius 1 is 1.29 bits per heavy atom. The molecular weight excluding hydrogens is 260 g/mol. The average molecular weight is 292 g/mol. The topological polar surface area (TPSA) is 33.1 Å². The summed E-state index contributed by atoms with van der Waals surface area (Å²) < 4.78 is 2.06. The smallest absolute Gasteiger partial charge is 0.131 e. The number of nitrogens with zero attached hydrogens (tertiary/aromatic N) is 3. The van der Waals surface area contributed by atoms with Crippen LogP contribution >= 0.6 is 0 Å². The van der Waals surface area contributed by atoms with Gasteiger partial charge in [-0.2, -0.15) is 5.10 Å². The minimum absolute atomic E-state index is 0.498. The van der Waals surface area contributed by atoms with E-state index in [2.05, 4.69) is 61.8 Å². The van der Waals surface area contributed by atoms with E-state index in [0.717, 1.165) is 18.2 Å². The van der Waals surface area contributed by atoms with Gasteiger partial charge in [0.1, 0.15) is 5.82 Å². The summed E-state index contributed by atoms with van der Waals surface area (Å²) in [5.41, 5.74) is 2.50. The predicted molar refractivity (Wildman–Crippen MR) is 89.7 cm³/mol. The van der Waals surface area contributed by atoms with Crippen LogP contribution in [0.1, 0.15) is 57.7 Å². The van der Waals surface area contributed by atoms with Crippen LogP contribution in [0.25, 0.3) is 0 Å². The van der Waals surface area contributed by atoms with E-state index in [1.54, 1.807) is 0 Å². The number of anilines is 1. The van der Waals surface area contributed by atoms with Crippen molar-refractivity contribution in [3.05, 3.63) is 11.3 Å². The summed E-state index contributed by atoms with van der Waals surface area (Å²) in [6.45, 7) is 9.79. The molecule has 120 valence electrons. The second-order valence-electron chi connectivity index (χ2n) is 7.07. The van der Waals surface area contributed by atoms with Gasteiger partial charge in [-0.1, -0.05) is 20.8 Å². The molecule has 0 aromatic carbocycles. The Bertz CT molecular complexity index is 456. The first kappa shape index (κ1) is 16.3. The third-order valence-corrected chi connectivity index (χ3v) is 4.87. The lowest BCUT2D eigenvalue weighted by Crippen LogP contribution is -2.37. The van der Waals surface area contributed by atoms with Crippen molar-refractivity contribution in [3.8, 4) is 0 Å². The fraction of sp³-hybridized carbons (Fsp3) is 0.824. The Morgan fingerprint density at radius 2 is 1.90 bits per heavy atom. The van der Waals surface area contributed by atoms with Crippen LogP contribution in [0.4, 0.5) is 5.82 Å². The molecule has 0 aliphatic heterocycles. The number of hydrogen-bond donors (Lipinski definition) is 1. The van der Waals surface area contributed by atoms with Gasteiger partial charge < -0.3 is 10.2 Å². The highest BCUT2D eigenvalue weighted by Gasteiger charge is 2.26. The average Bonchev–Trinajstić information content (AvgIpc) is 2.70. The van der Waals surface area contributed by atoms with E-state index < -0.39 is 0 Å². The lowest BCUT2D eigenvalue weighted by molar-refractivity contribution is 0.338. The Balaban J connectivity index is 2.17. The third-order valence-electron chi connectivity index (χ3n) is 4.87. The minimum atomic E-state index is 0.498. The first-order valence-corrected chi connectivity index (χ1v) is 8.38. The molecule has 1 aromatic heterocycles. The predicted octanol–water partition coefficient (Wildman–Crippen LogP) is 3.24. The van der Waals surface area contributed by atoms with Crippen molar-refractivity contribution in [1.82, 2.24) is 15.1 Å². The fourth-order valence-corrected chi connectivity index (χ4v) is 3.45. The molecule has 1 fully saturated rings. The van der Waals surface area contributed by atoms with Crippen molar-refractivity contribution in [1.29, 1.82) is 0 Å². The zero-order valence-corrected chi connectivity index (χ0v) is 14.6. The molecule has 1 N–H and O–H groups in total. The molecule has 0 unspecified atom stereocenters. The van der Waals surface area contributed by atoms with Crippen LogP contribution in [0, 0.1) is 12.8 Å². The normalized spacial score (nSPS) is 22.8. The van der Waals surface area contributed by atoms with Crippen LogP contribution in [0.5, 0.6) is 0 Å². The van der Waals surface area contributed by atoms with Gasteiger partial charge in [0.15, 0.2) is 0 Å². The van der Waals surface area contributed by atoms with E-state index in [1.165, 1.54) is 37.1 Å². The zero-order chi connectivity index (χ0) is 15.6. The lowest BCUT2D eigenvalue weighted by atomic mass is 9.86. The Labute approximate surface area is 129 Å². The number of nitrogens with one attached hydrogen (secondary N) is 1. The van der Waals surface area contributed by atoms with Gasteiger partial charge in [-0.15, -0.1) is 0 Å². The molecule has 1 heterocycles. The van der Waals surface area contributed by atoms with Gasteiger partial charge in [-0.3, -0.25) is 4.68 Å². The summed E-state index contributed by atoms with van der Waals surface area (Å²) in [6.07, 6.45) is 5.31. The molecule has 0 saturated heterocycles. The van der Waals surface area contributed by atoms with Crippen LogP contribution in [-0.2, 0) is 13.6 Å². The lowest BCUT2D eigenvalue weighted by Gasteiger charge is -2.35. The van der Waals surface area contributed by atoms with Crippen molar-refractivity contribution in [2.45, 2.75) is 72.0 Å². The minimum Gasteiger partial charge on any atom is -0.357 e. The standard InChI is InChI=1S/C17H32N4/c1-12(2)18-11-16-14(4)19-21(6)17(16)20(5)15-9-7-13(3)8-10-15/h12-13,15,18H,7-11H2,1-6H3. The van der Waals surface area contributed by atoms with E-state index in [4.69, 9.17) is 0 Å². The molecule has 0 amide bonds. The zero-order valence-electron chi connectivity index (χ0n) is 14.6. The highest BCUT2D eigenvalue weighted by atomic mass is 15.4. The van der Waals surface area contributed by atoms with Crippen molar-refractivity contribution in [3.63, 3.8) is 0 Å². The van der Waals surface area contributed by atoms with E-state index in [1.807, 2.05) is 0 Å². The van der Waals surface area contributed by atoms with Crippen molar-refractivity contribution in [2.75, 3.05) is 11.9 Å². The van der Waals surface area contributed by atoms with Gasteiger partial charge in [-0.05, 0) is 38.5 Å². The summed E-state index contributed by atoms with van der Waals surface area (Å²) in [7, 11) is 4.32. The summed E-state index contributed by atoms with van der Waals surface area (Å²) in [6, 6.07) is 1.16. The van der Waals surface area contributed by atoms with Gasteiger partial charge in [0.05, 0.1) is 5.69 Å². The molecule has 1 aliphatic carbocycles. The van der Waals surface area contributed by atoms with Crippen LogP contribution in [0.3, 0.4) is 0 Å². The Morgan fingerprint density at radius 3 is 2.48 bits per heavy atom. The van der Waals surface area contributed by atoms with Gasteiger partial charge in [0, 0.05) is 38.3 Å². The van der Waals surface area contributed by atoms with Crippen LogP contribution < -0.4 is 10.2 Å². The SMILES string of the molecule is Cc1nn(C)c(N(C)C2CCC(C)CC2)c1CNC(C)C. The molecule has 0 spiro atoms. The summed E-state index contributed by atoms with van der Waals surface area (Å²) in [5, 5.41) is 8.20.